The van der Waals surface area contributed by atoms with Crippen molar-refractivity contribution in [1.82, 2.24) is 0 Å². The molecule has 4 nitrogen and oxygen atoms in total. The summed E-state index contributed by atoms with van der Waals surface area (Å²) in [5.41, 5.74) is 0. The predicted molar refractivity (Wildman–Crippen MR) is 56.5 cm³/mol. The minimum atomic E-state index is -0.141. The second-order valence-corrected chi connectivity index (χ2v) is 5.65. The minimum Gasteiger partial charge on any atom is -0.409 e. The molecule has 0 aromatic rings. The molecule has 0 aliphatic heterocycles. The van der Waals surface area contributed by atoms with Crippen LogP contribution in [0.1, 0.15) is 6.92 Å². The molecule has 84 valence electrons. The van der Waals surface area contributed by atoms with Crippen LogP contribution in [-0.4, -0.2) is 70.0 Å². The van der Waals surface area contributed by atoms with Gasteiger partial charge in [-0.25, -0.2) is 4.79 Å². The van der Waals surface area contributed by atoms with E-state index in [1.54, 1.807) is 0 Å². The van der Waals surface area contributed by atoms with Crippen molar-refractivity contribution >= 4 is 5.97 Å². The summed E-state index contributed by atoms with van der Waals surface area (Å²) in [4.78, 5) is 11.5. The standard InChI is InChI=1S/C10H24N2O2/c1-9(12(5,6)7)14-10(13)8-11(2,3)4/h9H,8H2,1-7H3/q+2. The van der Waals surface area contributed by atoms with Crippen molar-refractivity contribution in [3.05, 3.63) is 0 Å². The summed E-state index contributed by atoms with van der Waals surface area (Å²) in [6, 6.07) is 0. The van der Waals surface area contributed by atoms with Gasteiger partial charge in [0.05, 0.1) is 42.3 Å². The lowest BCUT2D eigenvalue weighted by Gasteiger charge is -2.31. The summed E-state index contributed by atoms with van der Waals surface area (Å²) in [6.45, 7) is 2.32. The average molecular weight is 204 g/mol. The molecule has 0 heterocycles. The zero-order valence-corrected chi connectivity index (χ0v) is 10.5. The molecule has 0 fully saturated rings. The third-order valence-electron chi connectivity index (χ3n) is 2.00. The van der Waals surface area contributed by atoms with Crippen LogP contribution in [0.5, 0.6) is 0 Å². The fourth-order valence-corrected chi connectivity index (χ4v) is 0.773. The number of ether oxygens (including phenoxy) is 1. The van der Waals surface area contributed by atoms with Crippen molar-refractivity contribution in [3.8, 4) is 0 Å². The van der Waals surface area contributed by atoms with Gasteiger partial charge in [-0.1, -0.05) is 0 Å². The highest BCUT2D eigenvalue weighted by Crippen LogP contribution is 2.04. The molecule has 1 unspecified atom stereocenters. The smallest absolute Gasteiger partial charge is 0.366 e. The van der Waals surface area contributed by atoms with Gasteiger partial charge >= 0.3 is 5.97 Å². The van der Waals surface area contributed by atoms with Crippen LogP contribution in [0.15, 0.2) is 0 Å². The molecule has 4 heteroatoms. The Morgan fingerprint density at radius 3 is 1.86 bits per heavy atom. The molecule has 0 saturated carbocycles. The Morgan fingerprint density at radius 2 is 1.57 bits per heavy atom. The van der Waals surface area contributed by atoms with Crippen LogP contribution in [-0.2, 0) is 9.53 Å². The van der Waals surface area contributed by atoms with Crippen molar-refractivity contribution in [2.75, 3.05) is 48.8 Å². The van der Waals surface area contributed by atoms with Crippen molar-refractivity contribution in [3.63, 3.8) is 0 Å². The Balaban J connectivity index is 4.09. The number of carbonyl (C=O) groups excluding carboxylic acids is 1. The lowest BCUT2D eigenvalue weighted by Crippen LogP contribution is -2.48. The molecule has 0 bridgehead atoms. The van der Waals surface area contributed by atoms with Crippen molar-refractivity contribution in [2.24, 2.45) is 0 Å². The summed E-state index contributed by atoms with van der Waals surface area (Å²) in [5.74, 6) is -0.141. The zero-order chi connectivity index (χ0) is 11.6. The molecule has 0 aromatic carbocycles. The van der Waals surface area contributed by atoms with E-state index in [9.17, 15) is 4.79 Å². The molecular formula is C10H24N2O2+2. The first kappa shape index (κ1) is 13.4. The van der Waals surface area contributed by atoms with Gasteiger partial charge in [0.2, 0.25) is 6.23 Å². The molecular weight excluding hydrogens is 180 g/mol. The van der Waals surface area contributed by atoms with Crippen LogP contribution < -0.4 is 0 Å². The van der Waals surface area contributed by atoms with Gasteiger partial charge in [-0.2, -0.15) is 0 Å². The number of quaternary nitrogens is 2. The van der Waals surface area contributed by atoms with Gasteiger partial charge in [-0.15, -0.1) is 0 Å². The van der Waals surface area contributed by atoms with Crippen LogP contribution in [0.4, 0.5) is 0 Å². The molecule has 14 heavy (non-hydrogen) atoms. The lowest BCUT2D eigenvalue weighted by atomic mass is 10.4. The van der Waals surface area contributed by atoms with E-state index in [1.807, 2.05) is 49.2 Å². The summed E-state index contributed by atoms with van der Waals surface area (Å²) < 4.78 is 6.54. The molecule has 0 aliphatic carbocycles. The molecule has 0 radical (unpaired) electrons. The highest BCUT2D eigenvalue weighted by Gasteiger charge is 2.25. The molecule has 0 spiro atoms. The van der Waals surface area contributed by atoms with Crippen molar-refractivity contribution < 1.29 is 18.5 Å². The Morgan fingerprint density at radius 1 is 1.14 bits per heavy atom. The van der Waals surface area contributed by atoms with Crippen LogP contribution in [0.25, 0.3) is 0 Å². The van der Waals surface area contributed by atoms with Crippen molar-refractivity contribution in [2.45, 2.75) is 13.2 Å². The van der Waals surface area contributed by atoms with E-state index in [1.165, 1.54) is 0 Å². The fraction of sp³-hybridized carbons (Fsp3) is 0.900. The van der Waals surface area contributed by atoms with Gasteiger partial charge in [-0.05, 0) is 0 Å². The summed E-state index contributed by atoms with van der Waals surface area (Å²) in [7, 11) is 11.9. The lowest BCUT2D eigenvalue weighted by molar-refractivity contribution is -0.915. The monoisotopic (exact) mass is 204 g/mol. The zero-order valence-electron chi connectivity index (χ0n) is 10.5. The largest absolute Gasteiger partial charge is 0.409 e. The van der Waals surface area contributed by atoms with E-state index in [-0.39, 0.29) is 12.2 Å². The van der Waals surface area contributed by atoms with Gasteiger partial charge in [0.1, 0.15) is 0 Å². The second-order valence-electron chi connectivity index (χ2n) is 5.65. The molecule has 0 amide bonds. The Hall–Kier alpha value is -0.610. The summed E-state index contributed by atoms with van der Waals surface area (Å²) in [6.07, 6.45) is -0.103. The minimum absolute atomic E-state index is 0.103. The molecule has 1 atom stereocenters. The number of carbonyl (C=O) groups is 1. The SMILES string of the molecule is CC(OC(=O)C[N+](C)(C)C)[N+](C)(C)C. The Kier molecular flexibility index (Phi) is 4.09. The highest BCUT2D eigenvalue weighted by atomic mass is 16.6. The normalized spacial score (nSPS) is 15.1. The number of likely N-dealkylation sites (N-methyl/N-ethyl adjacent to an activating group) is 1. The van der Waals surface area contributed by atoms with E-state index in [4.69, 9.17) is 4.74 Å². The topological polar surface area (TPSA) is 26.3 Å². The van der Waals surface area contributed by atoms with E-state index in [2.05, 4.69) is 0 Å². The first-order chi connectivity index (χ1) is 6.02. The van der Waals surface area contributed by atoms with Gasteiger partial charge in [0.25, 0.3) is 0 Å². The van der Waals surface area contributed by atoms with Crippen LogP contribution in [0.3, 0.4) is 0 Å². The number of hydrogen-bond acceptors (Lipinski definition) is 2. The van der Waals surface area contributed by atoms with E-state index < -0.39 is 0 Å². The Bertz CT molecular complexity index is 201. The third-order valence-corrected chi connectivity index (χ3v) is 2.00. The van der Waals surface area contributed by atoms with Crippen LogP contribution >= 0.6 is 0 Å². The quantitative estimate of drug-likeness (QED) is 0.374. The molecule has 0 saturated heterocycles. The van der Waals surface area contributed by atoms with Gasteiger partial charge in [-0.3, -0.25) is 4.48 Å². The predicted octanol–water partition coefficient (Wildman–Crippen LogP) is 0.288. The van der Waals surface area contributed by atoms with Gasteiger partial charge in [0, 0.05) is 6.92 Å². The number of esters is 1. The third kappa shape index (κ3) is 5.94. The second kappa shape index (κ2) is 4.28. The molecule has 0 N–H and O–H groups in total. The summed E-state index contributed by atoms with van der Waals surface area (Å²) in [5, 5.41) is 0. The summed E-state index contributed by atoms with van der Waals surface area (Å²) >= 11 is 0. The van der Waals surface area contributed by atoms with E-state index in [0.717, 1.165) is 0 Å². The number of hydrogen-bond donors (Lipinski definition) is 0. The average Bonchev–Trinajstić information content (AvgIpc) is 1.79. The molecule has 0 rings (SSSR count). The van der Waals surface area contributed by atoms with E-state index >= 15 is 0 Å². The maximum absolute atomic E-state index is 11.5. The van der Waals surface area contributed by atoms with Gasteiger partial charge < -0.3 is 9.22 Å². The molecule has 0 aliphatic rings. The maximum atomic E-state index is 11.5. The molecule has 0 aromatic heterocycles. The van der Waals surface area contributed by atoms with Crippen LogP contribution in [0.2, 0.25) is 0 Å². The number of nitrogens with zero attached hydrogens (tertiary/aromatic N) is 2. The number of rotatable bonds is 4. The first-order valence-electron chi connectivity index (χ1n) is 4.83. The van der Waals surface area contributed by atoms with Crippen LogP contribution in [0, 0.1) is 0 Å². The van der Waals surface area contributed by atoms with Crippen molar-refractivity contribution in [1.29, 1.82) is 0 Å². The first-order valence-corrected chi connectivity index (χ1v) is 4.83. The van der Waals surface area contributed by atoms with E-state index in [0.29, 0.717) is 15.5 Å². The highest BCUT2D eigenvalue weighted by molar-refractivity contribution is 5.70. The maximum Gasteiger partial charge on any atom is 0.366 e. The fourth-order valence-electron chi connectivity index (χ4n) is 0.773. The van der Waals surface area contributed by atoms with Gasteiger partial charge in [0.15, 0.2) is 6.54 Å². The Labute approximate surface area is 87.2 Å².